The lowest BCUT2D eigenvalue weighted by Gasteiger charge is -2.28. The smallest absolute Gasteiger partial charge is 0.0470 e. The molecule has 0 heterocycles. The second-order valence-corrected chi connectivity index (χ2v) is 5.26. The summed E-state index contributed by atoms with van der Waals surface area (Å²) >= 11 is 1.88. The van der Waals surface area contributed by atoms with E-state index in [1.807, 2.05) is 11.8 Å². The zero-order valence-electron chi connectivity index (χ0n) is 11.1. The van der Waals surface area contributed by atoms with Crippen LogP contribution in [0.15, 0.2) is 24.3 Å². The monoisotopic (exact) mass is 252 g/mol. The highest BCUT2D eigenvalue weighted by molar-refractivity contribution is 7.98. The molecule has 0 saturated carbocycles. The summed E-state index contributed by atoms with van der Waals surface area (Å²) in [5.74, 6) is 1.15. The van der Waals surface area contributed by atoms with E-state index in [0.717, 1.165) is 18.7 Å². The zero-order chi connectivity index (χ0) is 12.7. The van der Waals surface area contributed by atoms with Crippen LogP contribution in [-0.2, 0) is 6.42 Å². The molecule has 0 radical (unpaired) electrons. The van der Waals surface area contributed by atoms with Crippen LogP contribution in [0.25, 0.3) is 0 Å². The molecule has 2 N–H and O–H groups in total. The molecule has 17 heavy (non-hydrogen) atoms. The largest absolute Gasteiger partial charge is 0.329 e. The molecule has 3 heteroatoms. The molecule has 1 aromatic rings. The molecule has 0 aliphatic heterocycles. The van der Waals surface area contributed by atoms with Gasteiger partial charge in [0.15, 0.2) is 0 Å². The van der Waals surface area contributed by atoms with Crippen molar-refractivity contribution in [3.05, 3.63) is 35.4 Å². The number of nitrogens with two attached hydrogens (primary N) is 1. The predicted octanol–water partition coefficient (Wildman–Crippen LogP) is 2.54. The fourth-order valence-electron chi connectivity index (χ4n) is 2.12. The Morgan fingerprint density at radius 2 is 2.06 bits per heavy atom. The molecule has 0 spiro atoms. The average molecular weight is 252 g/mol. The fraction of sp³-hybridized carbons (Fsp3) is 0.571. The molecule has 0 bridgehead atoms. The lowest BCUT2D eigenvalue weighted by atomic mass is 9.98. The topological polar surface area (TPSA) is 29.3 Å². The van der Waals surface area contributed by atoms with Crippen molar-refractivity contribution in [1.29, 1.82) is 0 Å². The summed E-state index contributed by atoms with van der Waals surface area (Å²) in [6.07, 6.45) is 3.22. The maximum absolute atomic E-state index is 5.95. The number of aryl methyl sites for hydroxylation is 1. The normalized spacial score (nSPS) is 13.0. The van der Waals surface area contributed by atoms with Crippen LogP contribution in [0, 0.1) is 0 Å². The number of likely N-dealkylation sites (N-methyl/N-ethyl adjacent to an activating group) is 1. The van der Waals surface area contributed by atoms with Gasteiger partial charge in [0.05, 0.1) is 0 Å². The van der Waals surface area contributed by atoms with E-state index in [0.29, 0.717) is 12.6 Å². The number of rotatable bonds is 7. The molecule has 0 aliphatic rings. The van der Waals surface area contributed by atoms with Crippen molar-refractivity contribution >= 4 is 11.8 Å². The number of thioether (sulfide) groups is 1. The molecule has 96 valence electrons. The Labute approximate surface area is 110 Å². The minimum Gasteiger partial charge on any atom is -0.329 e. The number of hydrogen-bond acceptors (Lipinski definition) is 3. The summed E-state index contributed by atoms with van der Waals surface area (Å²) in [6, 6.07) is 8.99. The van der Waals surface area contributed by atoms with E-state index < -0.39 is 0 Å². The summed E-state index contributed by atoms with van der Waals surface area (Å²) < 4.78 is 0. The Bertz CT molecular complexity index is 328. The minimum absolute atomic E-state index is 0.346. The van der Waals surface area contributed by atoms with E-state index in [4.69, 9.17) is 5.73 Å². The van der Waals surface area contributed by atoms with Crippen molar-refractivity contribution in [2.24, 2.45) is 5.73 Å². The molecule has 0 aliphatic carbocycles. The van der Waals surface area contributed by atoms with Gasteiger partial charge in [-0.05, 0) is 30.9 Å². The molecule has 0 aromatic heterocycles. The third kappa shape index (κ3) is 4.02. The number of benzene rings is 1. The van der Waals surface area contributed by atoms with Crippen LogP contribution in [-0.4, -0.2) is 37.0 Å². The van der Waals surface area contributed by atoms with Crippen LogP contribution in [0.1, 0.15) is 24.1 Å². The molecule has 1 rings (SSSR count). The highest BCUT2D eigenvalue weighted by Gasteiger charge is 2.17. The summed E-state index contributed by atoms with van der Waals surface area (Å²) in [6.45, 7) is 3.97. The lowest BCUT2D eigenvalue weighted by molar-refractivity contribution is 0.264. The Kier molecular flexibility index (Phi) is 6.63. The van der Waals surface area contributed by atoms with Crippen molar-refractivity contribution in [3.63, 3.8) is 0 Å². The first-order chi connectivity index (χ1) is 8.24. The van der Waals surface area contributed by atoms with E-state index in [1.165, 1.54) is 11.1 Å². The third-order valence-electron chi connectivity index (χ3n) is 3.20. The van der Waals surface area contributed by atoms with Gasteiger partial charge in [0, 0.05) is 24.9 Å². The van der Waals surface area contributed by atoms with Crippen LogP contribution in [0.3, 0.4) is 0 Å². The first kappa shape index (κ1) is 14.6. The second-order valence-electron chi connectivity index (χ2n) is 4.28. The number of hydrogen-bond donors (Lipinski definition) is 1. The quantitative estimate of drug-likeness (QED) is 0.808. The van der Waals surface area contributed by atoms with Crippen LogP contribution in [0.5, 0.6) is 0 Å². The molecular formula is C14H24N2S. The molecule has 0 amide bonds. The average Bonchev–Trinajstić information content (AvgIpc) is 2.37. The summed E-state index contributed by atoms with van der Waals surface area (Å²) in [5.41, 5.74) is 8.76. The Morgan fingerprint density at radius 1 is 1.35 bits per heavy atom. The van der Waals surface area contributed by atoms with Crippen molar-refractivity contribution in [3.8, 4) is 0 Å². The first-order valence-electron chi connectivity index (χ1n) is 6.21. The highest BCUT2D eigenvalue weighted by atomic mass is 32.2. The standard InChI is InChI=1S/C14H24N2S/c1-4-12-7-5-6-8-13(12)14(11-15)16(2)9-10-17-3/h5-8,14H,4,9-11,15H2,1-3H3. The van der Waals surface area contributed by atoms with Gasteiger partial charge in [-0.1, -0.05) is 31.2 Å². The van der Waals surface area contributed by atoms with Crippen molar-refractivity contribution in [1.82, 2.24) is 4.90 Å². The van der Waals surface area contributed by atoms with E-state index in [2.05, 4.69) is 49.4 Å². The van der Waals surface area contributed by atoms with Crippen LogP contribution in [0.2, 0.25) is 0 Å². The molecule has 0 fully saturated rings. The maximum atomic E-state index is 5.95. The van der Waals surface area contributed by atoms with Gasteiger partial charge >= 0.3 is 0 Å². The Morgan fingerprint density at radius 3 is 2.65 bits per heavy atom. The first-order valence-corrected chi connectivity index (χ1v) is 7.61. The van der Waals surface area contributed by atoms with E-state index >= 15 is 0 Å². The van der Waals surface area contributed by atoms with Crippen LogP contribution >= 0.6 is 11.8 Å². The fourth-order valence-corrected chi connectivity index (χ4v) is 2.59. The van der Waals surface area contributed by atoms with Crippen molar-refractivity contribution in [2.45, 2.75) is 19.4 Å². The molecular weight excluding hydrogens is 228 g/mol. The van der Waals surface area contributed by atoms with Gasteiger partial charge in [0.1, 0.15) is 0 Å². The molecule has 2 nitrogen and oxygen atoms in total. The van der Waals surface area contributed by atoms with Gasteiger partial charge < -0.3 is 5.73 Å². The Balaban J connectivity index is 2.84. The molecule has 1 unspecified atom stereocenters. The number of nitrogens with zero attached hydrogens (tertiary/aromatic N) is 1. The van der Waals surface area contributed by atoms with Crippen molar-refractivity contribution < 1.29 is 0 Å². The van der Waals surface area contributed by atoms with Gasteiger partial charge in [0.2, 0.25) is 0 Å². The molecule has 1 atom stereocenters. The van der Waals surface area contributed by atoms with E-state index in [-0.39, 0.29) is 0 Å². The van der Waals surface area contributed by atoms with E-state index in [9.17, 15) is 0 Å². The van der Waals surface area contributed by atoms with Gasteiger partial charge in [0.25, 0.3) is 0 Å². The van der Waals surface area contributed by atoms with Gasteiger partial charge in [-0.2, -0.15) is 11.8 Å². The molecule has 0 saturated heterocycles. The third-order valence-corrected chi connectivity index (χ3v) is 3.79. The highest BCUT2D eigenvalue weighted by Crippen LogP contribution is 2.22. The maximum Gasteiger partial charge on any atom is 0.0470 e. The second kappa shape index (κ2) is 7.75. The Hall–Kier alpha value is -0.510. The van der Waals surface area contributed by atoms with Crippen molar-refractivity contribution in [2.75, 3.05) is 32.1 Å². The summed E-state index contributed by atoms with van der Waals surface area (Å²) in [7, 11) is 2.17. The summed E-state index contributed by atoms with van der Waals surface area (Å²) in [5, 5.41) is 0. The lowest BCUT2D eigenvalue weighted by Crippen LogP contribution is -2.32. The minimum atomic E-state index is 0.346. The van der Waals surface area contributed by atoms with Gasteiger partial charge in [-0.3, -0.25) is 4.90 Å². The predicted molar refractivity (Wildman–Crippen MR) is 78.6 cm³/mol. The zero-order valence-corrected chi connectivity index (χ0v) is 12.0. The van der Waals surface area contributed by atoms with Gasteiger partial charge in [-0.25, -0.2) is 0 Å². The van der Waals surface area contributed by atoms with Gasteiger partial charge in [-0.15, -0.1) is 0 Å². The molecule has 1 aromatic carbocycles. The van der Waals surface area contributed by atoms with E-state index in [1.54, 1.807) is 0 Å². The van der Waals surface area contributed by atoms with Crippen LogP contribution < -0.4 is 5.73 Å². The SMILES string of the molecule is CCc1ccccc1C(CN)N(C)CCSC. The summed E-state index contributed by atoms with van der Waals surface area (Å²) in [4.78, 5) is 2.37. The van der Waals surface area contributed by atoms with Crippen LogP contribution in [0.4, 0.5) is 0 Å².